The van der Waals surface area contributed by atoms with Gasteiger partial charge in [0, 0.05) is 19.1 Å². The molecule has 0 saturated heterocycles. The Morgan fingerprint density at radius 3 is 2.47 bits per heavy atom. The molecule has 0 saturated carbocycles. The van der Waals surface area contributed by atoms with Crippen molar-refractivity contribution in [2.24, 2.45) is 0 Å². The Hall–Kier alpha value is -1.59. The second-order valence-electron chi connectivity index (χ2n) is 4.60. The molecule has 0 aromatic heterocycles. The summed E-state index contributed by atoms with van der Waals surface area (Å²) in [5.41, 5.74) is 1.17. The molecule has 0 unspecified atom stereocenters. The van der Waals surface area contributed by atoms with Crippen LogP contribution in [0.2, 0.25) is 0 Å². The van der Waals surface area contributed by atoms with Crippen molar-refractivity contribution in [2.75, 3.05) is 34.3 Å². The lowest BCUT2D eigenvalue weighted by molar-refractivity contribution is -0.136. The predicted octanol–water partition coefficient (Wildman–Crippen LogP) is 1.36. The molecule has 0 aliphatic carbocycles. The summed E-state index contributed by atoms with van der Waals surface area (Å²) in [4.78, 5) is 12.6. The molecular weight excluding hydrogens is 244 g/mol. The number of carboxylic acid groups (broad SMARTS) is 1. The lowest BCUT2D eigenvalue weighted by atomic mass is 10.1. The number of carbonyl (C=O) groups is 1. The third-order valence-corrected chi connectivity index (χ3v) is 2.98. The monoisotopic (exact) mass is 266 g/mol. The number of likely N-dealkylation sites (N-methyl/N-ethyl adjacent to an activating group) is 1. The van der Waals surface area contributed by atoms with E-state index in [0.29, 0.717) is 13.1 Å². The minimum Gasteiger partial charge on any atom is -0.497 e. The smallest absolute Gasteiger partial charge is 0.304 e. The second kappa shape index (κ2) is 7.76. The van der Waals surface area contributed by atoms with Crippen LogP contribution in [-0.2, 0) is 4.79 Å². The van der Waals surface area contributed by atoms with Gasteiger partial charge in [-0.05, 0) is 31.8 Å². The van der Waals surface area contributed by atoms with Crippen LogP contribution in [-0.4, -0.2) is 50.3 Å². The van der Waals surface area contributed by atoms with Crippen LogP contribution >= 0.6 is 0 Å². The summed E-state index contributed by atoms with van der Waals surface area (Å²) < 4.78 is 5.14. The Morgan fingerprint density at radius 1 is 1.37 bits per heavy atom. The van der Waals surface area contributed by atoms with Crippen LogP contribution in [0.4, 0.5) is 0 Å². The van der Waals surface area contributed by atoms with Crippen molar-refractivity contribution in [1.29, 1.82) is 0 Å². The van der Waals surface area contributed by atoms with E-state index in [0.717, 1.165) is 5.75 Å². The Bertz CT molecular complexity index is 390. The number of hydrogen-bond donors (Lipinski definition) is 2. The lowest BCUT2D eigenvalue weighted by Gasteiger charge is -2.25. The molecule has 5 nitrogen and oxygen atoms in total. The number of nitrogens with zero attached hydrogens (tertiary/aromatic N) is 1. The van der Waals surface area contributed by atoms with Gasteiger partial charge in [0.25, 0.3) is 0 Å². The van der Waals surface area contributed by atoms with Crippen molar-refractivity contribution in [2.45, 2.75) is 12.5 Å². The van der Waals surface area contributed by atoms with Crippen molar-refractivity contribution in [3.05, 3.63) is 29.8 Å². The second-order valence-corrected chi connectivity index (χ2v) is 4.60. The Labute approximate surface area is 114 Å². The topological polar surface area (TPSA) is 61.8 Å². The van der Waals surface area contributed by atoms with E-state index < -0.39 is 5.97 Å². The van der Waals surface area contributed by atoms with E-state index in [9.17, 15) is 4.79 Å². The van der Waals surface area contributed by atoms with E-state index >= 15 is 0 Å². The van der Waals surface area contributed by atoms with Crippen LogP contribution in [0.1, 0.15) is 18.0 Å². The van der Waals surface area contributed by atoms with Gasteiger partial charge >= 0.3 is 5.97 Å². The molecule has 0 bridgehead atoms. The molecule has 1 rings (SSSR count). The fraction of sp³-hybridized carbons (Fsp3) is 0.500. The molecule has 5 heteroatoms. The summed E-state index contributed by atoms with van der Waals surface area (Å²) in [6.07, 6.45) is 0.142. The number of rotatable bonds is 8. The summed E-state index contributed by atoms with van der Waals surface area (Å²) in [7, 11) is 5.66. The quantitative estimate of drug-likeness (QED) is 0.696. The SMILES string of the molecule is COc1ccc([C@H](CNCCC(=O)O)N(C)C)cc1. The molecule has 1 atom stereocenters. The van der Waals surface area contributed by atoms with Crippen LogP contribution in [0, 0.1) is 0 Å². The minimum absolute atomic E-state index is 0.142. The van der Waals surface area contributed by atoms with E-state index in [1.54, 1.807) is 7.11 Å². The lowest BCUT2D eigenvalue weighted by Crippen LogP contribution is -2.32. The van der Waals surface area contributed by atoms with Crippen molar-refractivity contribution < 1.29 is 14.6 Å². The van der Waals surface area contributed by atoms with Crippen LogP contribution in [0.15, 0.2) is 24.3 Å². The van der Waals surface area contributed by atoms with E-state index in [2.05, 4.69) is 10.2 Å². The number of aliphatic carboxylic acids is 1. The zero-order valence-corrected chi connectivity index (χ0v) is 11.7. The summed E-state index contributed by atoms with van der Waals surface area (Å²) in [6, 6.07) is 8.14. The maximum absolute atomic E-state index is 10.5. The van der Waals surface area contributed by atoms with E-state index in [4.69, 9.17) is 9.84 Å². The molecule has 0 radical (unpaired) electrons. The maximum Gasteiger partial charge on any atom is 0.304 e. The predicted molar refractivity (Wildman–Crippen MR) is 74.5 cm³/mol. The van der Waals surface area contributed by atoms with Crippen LogP contribution in [0.25, 0.3) is 0 Å². The van der Waals surface area contributed by atoms with Gasteiger partial charge in [0.05, 0.1) is 13.5 Å². The largest absolute Gasteiger partial charge is 0.497 e. The van der Waals surface area contributed by atoms with Crippen molar-refractivity contribution in [1.82, 2.24) is 10.2 Å². The fourth-order valence-corrected chi connectivity index (χ4v) is 1.86. The first-order valence-electron chi connectivity index (χ1n) is 6.27. The molecule has 0 aliphatic rings. The average Bonchev–Trinajstić information content (AvgIpc) is 2.38. The standard InChI is InChI=1S/C14H22N2O3/c1-16(2)13(10-15-9-8-14(17)18)11-4-6-12(19-3)7-5-11/h4-7,13,15H,8-10H2,1-3H3,(H,17,18)/t13-/m0/s1. The zero-order valence-electron chi connectivity index (χ0n) is 11.7. The molecule has 0 spiro atoms. The summed E-state index contributed by atoms with van der Waals surface area (Å²) in [6.45, 7) is 1.20. The highest BCUT2D eigenvalue weighted by Crippen LogP contribution is 2.20. The molecule has 1 aromatic rings. The number of benzene rings is 1. The zero-order chi connectivity index (χ0) is 14.3. The van der Waals surface area contributed by atoms with Gasteiger partial charge in [-0.3, -0.25) is 4.79 Å². The highest BCUT2D eigenvalue weighted by atomic mass is 16.5. The number of carboxylic acids is 1. The Kier molecular flexibility index (Phi) is 6.32. The molecule has 2 N–H and O–H groups in total. The highest BCUT2D eigenvalue weighted by molar-refractivity contribution is 5.66. The third-order valence-electron chi connectivity index (χ3n) is 2.98. The number of hydrogen-bond acceptors (Lipinski definition) is 4. The number of ether oxygens (including phenoxy) is 1. The number of methoxy groups -OCH3 is 1. The van der Waals surface area contributed by atoms with Gasteiger partial charge in [-0.25, -0.2) is 0 Å². The third kappa shape index (κ3) is 5.28. The van der Waals surface area contributed by atoms with Gasteiger partial charge in [0.15, 0.2) is 0 Å². The molecule has 0 aliphatic heterocycles. The van der Waals surface area contributed by atoms with Crippen molar-refractivity contribution >= 4 is 5.97 Å². The molecule has 19 heavy (non-hydrogen) atoms. The first-order valence-corrected chi connectivity index (χ1v) is 6.27. The van der Waals surface area contributed by atoms with Crippen molar-refractivity contribution in [3.63, 3.8) is 0 Å². The van der Waals surface area contributed by atoms with E-state index in [-0.39, 0.29) is 12.5 Å². The Balaban J connectivity index is 2.58. The highest BCUT2D eigenvalue weighted by Gasteiger charge is 2.13. The summed E-state index contributed by atoms with van der Waals surface area (Å²) >= 11 is 0. The minimum atomic E-state index is -0.779. The van der Waals surface area contributed by atoms with Gasteiger partial charge < -0.3 is 20.1 Å². The summed E-state index contributed by atoms with van der Waals surface area (Å²) in [5, 5.41) is 11.8. The van der Waals surface area contributed by atoms with Gasteiger partial charge in [-0.1, -0.05) is 12.1 Å². The van der Waals surface area contributed by atoms with Crippen molar-refractivity contribution in [3.8, 4) is 5.75 Å². The Morgan fingerprint density at radius 2 is 2.00 bits per heavy atom. The van der Waals surface area contributed by atoms with Gasteiger partial charge in [0.1, 0.15) is 5.75 Å². The average molecular weight is 266 g/mol. The fourth-order valence-electron chi connectivity index (χ4n) is 1.86. The molecule has 0 amide bonds. The van der Waals surface area contributed by atoms with Gasteiger partial charge in [0.2, 0.25) is 0 Å². The van der Waals surface area contributed by atoms with Crippen LogP contribution < -0.4 is 10.1 Å². The van der Waals surface area contributed by atoms with Gasteiger partial charge in [-0.15, -0.1) is 0 Å². The first kappa shape index (κ1) is 15.5. The normalized spacial score (nSPS) is 12.4. The molecular formula is C14H22N2O3. The number of nitrogens with one attached hydrogen (secondary N) is 1. The first-order chi connectivity index (χ1) is 9.04. The van der Waals surface area contributed by atoms with Crippen LogP contribution in [0.5, 0.6) is 5.75 Å². The summed E-state index contributed by atoms with van der Waals surface area (Å²) in [5.74, 6) is 0.0541. The molecule has 0 fully saturated rings. The maximum atomic E-state index is 10.5. The van der Waals surface area contributed by atoms with Crippen LogP contribution in [0.3, 0.4) is 0 Å². The molecule has 0 heterocycles. The van der Waals surface area contributed by atoms with Gasteiger partial charge in [-0.2, -0.15) is 0 Å². The van der Waals surface area contributed by atoms with E-state index in [1.807, 2.05) is 38.4 Å². The molecule has 106 valence electrons. The van der Waals surface area contributed by atoms with E-state index in [1.165, 1.54) is 5.56 Å². The molecule has 1 aromatic carbocycles.